The van der Waals surface area contributed by atoms with Crippen LogP contribution in [0.1, 0.15) is 6.42 Å². The molecule has 0 saturated carbocycles. The van der Waals surface area contributed by atoms with Gasteiger partial charge in [0, 0.05) is 17.7 Å². The second-order valence-corrected chi connectivity index (χ2v) is 2.59. The van der Waals surface area contributed by atoms with Gasteiger partial charge in [0.1, 0.15) is 5.42 Å². The lowest BCUT2D eigenvalue weighted by Gasteiger charge is -1.95. The Morgan fingerprint density at radius 1 is 1.25 bits per heavy atom. The van der Waals surface area contributed by atoms with Crippen LogP contribution in [-0.2, 0) is 4.79 Å². The second-order valence-electron chi connectivity index (χ2n) is 2.59. The van der Waals surface area contributed by atoms with Crippen LogP contribution in [0.25, 0.3) is 12.2 Å². The Labute approximate surface area is 67.6 Å². The Morgan fingerprint density at radius 3 is 2.92 bits per heavy atom. The summed E-state index contributed by atoms with van der Waals surface area (Å²) in [6.45, 7) is 0. The lowest BCUT2D eigenvalue weighted by atomic mass is 10.1. The summed E-state index contributed by atoms with van der Waals surface area (Å²) in [5.74, 6) is 0.0383. The molecule has 3 nitrogen and oxygen atoms in total. The summed E-state index contributed by atoms with van der Waals surface area (Å²) in [6, 6.07) is 2.90. The third kappa shape index (κ3) is 1.09. The van der Waals surface area contributed by atoms with Gasteiger partial charge < -0.3 is 4.42 Å². The number of rotatable bonds is 0. The van der Waals surface area contributed by atoms with Crippen LogP contribution in [0.2, 0.25) is 0 Å². The maximum absolute atomic E-state index is 10.9. The molecule has 3 heteroatoms. The van der Waals surface area contributed by atoms with Gasteiger partial charge in [-0.3, -0.25) is 4.79 Å². The van der Waals surface area contributed by atoms with Gasteiger partial charge in [0.15, 0.2) is 5.78 Å². The SMILES string of the molecule is O=C1C=c2ccc(=O)oc2=CC1. The van der Waals surface area contributed by atoms with Crippen LogP contribution >= 0.6 is 0 Å². The zero-order valence-corrected chi connectivity index (χ0v) is 6.24. The van der Waals surface area contributed by atoms with Crippen molar-refractivity contribution in [2.45, 2.75) is 6.42 Å². The summed E-state index contributed by atoms with van der Waals surface area (Å²) in [5, 5.41) is 0.686. The van der Waals surface area contributed by atoms with Gasteiger partial charge in [-0.25, -0.2) is 4.79 Å². The van der Waals surface area contributed by atoms with E-state index in [-0.39, 0.29) is 11.4 Å². The normalized spacial score (nSPS) is 14.5. The van der Waals surface area contributed by atoms with Crippen molar-refractivity contribution >= 4 is 17.9 Å². The average molecular weight is 162 g/mol. The van der Waals surface area contributed by atoms with E-state index in [4.69, 9.17) is 4.42 Å². The highest BCUT2D eigenvalue weighted by molar-refractivity contribution is 6.08. The van der Waals surface area contributed by atoms with Crippen LogP contribution in [0.4, 0.5) is 0 Å². The summed E-state index contributed by atoms with van der Waals surface area (Å²) in [5.41, 5.74) is 0.120. The van der Waals surface area contributed by atoms with Crippen molar-refractivity contribution in [2.24, 2.45) is 0 Å². The minimum Gasteiger partial charge on any atom is -0.423 e. The lowest BCUT2D eigenvalue weighted by Crippen LogP contribution is -2.31. The van der Waals surface area contributed by atoms with E-state index in [9.17, 15) is 9.59 Å². The van der Waals surface area contributed by atoms with E-state index in [0.717, 1.165) is 0 Å². The van der Waals surface area contributed by atoms with Crippen molar-refractivity contribution in [1.29, 1.82) is 0 Å². The highest BCUT2D eigenvalue weighted by Crippen LogP contribution is 1.88. The Bertz CT molecular complexity index is 493. The minimum atomic E-state index is -0.382. The molecule has 0 aromatic carbocycles. The summed E-state index contributed by atoms with van der Waals surface area (Å²) in [7, 11) is 0. The number of hydrogen-bond acceptors (Lipinski definition) is 3. The molecule has 0 N–H and O–H groups in total. The van der Waals surface area contributed by atoms with Crippen LogP contribution in [0.3, 0.4) is 0 Å². The maximum Gasteiger partial charge on any atom is 0.336 e. The Kier molecular flexibility index (Phi) is 1.43. The first-order chi connectivity index (χ1) is 5.75. The molecule has 1 aromatic rings. The largest absolute Gasteiger partial charge is 0.423 e. The predicted molar refractivity (Wildman–Crippen MR) is 42.8 cm³/mol. The fourth-order valence-corrected chi connectivity index (χ4v) is 1.15. The fraction of sp³-hybridized carbons (Fsp3) is 0.111. The van der Waals surface area contributed by atoms with Crippen molar-refractivity contribution in [3.05, 3.63) is 33.2 Å². The second kappa shape index (κ2) is 2.44. The Morgan fingerprint density at radius 2 is 2.08 bits per heavy atom. The summed E-state index contributed by atoms with van der Waals surface area (Å²) < 4.78 is 4.85. The molecule has 0 saturated heterocycles. The van der Waals surface area contributed by atoms with Crippen molar-refractivity contribution in [3.63, 3.8) is 0 Å². The maximum atomic E-state index is 10.9. The number of carbonyl (C=O) groups excluding carboxylic acids is 1. The van der Waals surface area contributed by atoms with Crippen LogP contribution in [-0.4, -0.2) is 5.78 Å². The third-order valence-electron chi connectivity index (χ3n) is 1.70. The monoisotopic (exact) mass is 162 g/mol. The molecule has 0 radical (unpaired) electrons. The first-order valence-electron chi connectivity index (χ1n) is 3.61. The highest BCUT2D eigenvalue weighted by atomic mass is 16.4. The first kappa shape index (κ1) is 7.03. The molecule has 0 fully saturated rings. The smallest absolute Gasteiger partial charge is 0.336 e. The van der Waals surface area contributed by atoms with Gasteiger partial charge >= 0.3 is 5.63 Å². The minimum absolute atomic E-state index is 0.0383. The number of fused-ring (bicyclic) bond motifs is 1. The Balaban J connectivity index is 2.88. The van der Waals surface area contributed by atoms with E-state index in [1.807, 2.05) is 0 Å². The van der Waals surface area contributed by atoms with Crippen LogP contribution < -0.4 is 16.3 Å². The summed E-state index contributed by atoms with van der Waals surface area (Å²) >= 11 is 0. The molecule has 60 valence electrons. The zero-order valence-electron chi connectivity index (χ0n) is 6.24. The molecule has 1 aliphatic carbocycles. The van der Waals surface area contributed by atoms with Gasteiger partial charge in [-0.05, 0) is 18.2 Å². The standard InChI is InChI=1S/C9H6O3/c10-7-2-3-8-6(5-7)1-4-9(11)12-8/h1,3-5H,2H2. The quantitative estimate of drug-likeness (QED) is 0.500. The number of Topliss-reactive ketones (excluding diaryl/α,β-unsaturated/α-hetero) is 1. The molecule has 0 bridgehead atoms. The van der Waals surface area contributed by atoms with E-state index < -0.39 is 0 Å². The molecule has 2 rings (SSSR count). The molecule has 0 spiro atoms. The van der Waals surface area contributed by atoms with E-state index in [2.05, 4.69) is 0 Å². The Hall–Kier alpha value is -1.64. The molecule has 0 aliphatic heterocycles. The highest BCUT2D eigenvalue weighted by Gasteiger charge is 2.01. The van der Waals surface area contributed by atoms with Gasteiger partial charge in [-0.2, -0.15) is 0 Å². The van der Waals surface area contributed by atoms with Crippen molar-refractivity contribution < 1.29 is 9.21 Å². The van der Waals surface area contributed by atoms with Gasteiger partial charge in [-0.1, -0.05) is 0 Å². The van der Waals surface area contributed by atoms with E-state index in [1.165, 1.54) is 12.1 Å². The molecule has 1 aliphatic rings. The molecule has 12 heavy (non-hydrogen) atoms. The van der Waals surface area contributed by atoms with E-state index >= 15 is 0 Å². The van der Waals surface area contributed by atoms with Crippen molar-refractivity contribution in [2.75, 3.05) is 0 Å². The van der Waals surface area contributed by atoms with Crippen LogP contribution in [0.15, 0.2) is 21.3 Å². The number of hydrogen-bond donors (Lipinski definition) is 0. The number of carbonyl (C=O) groups is 1. The number of ketones is 1. The fourth-order valence-electron chi connectivity index (χ4n) is 1.15. The zero-order chi connectivity index (χ0) is 8.55. The van der Waals surface area contributed by atoms with Gasteiger partial charge in [-0.15, -0.1) is 0 Å². The lowest BCUT2D eigenvalue weighted by molar-refractivity contribution is -0.112. The predicted octanol–water partition coefficient (Wildman–Crippen LogP) is -0.826. The molecular formula is C9H6O3. The van der Waals surface area contributed by atoms with Gasteiger partial charge in [0.05, 0.1) is 0 Å². The first-order valence-corrected chi connectivity index (χ1v) is 3.61. The molecule has 0 unspecified atom stereocenters. The van der Waals surface area contributed by atoms with Crippen molar-refractivity contribution in [1.82, 2.24) is 0 Å². The molecule has 1 heterocycles. The van der Waals surface area contributed by atoms with Gasteiger partial charge in [0.2, 0.25) is 0 Å². The molecule has 0 atom stereocenters. The summed E-state index contributed by atoms with van der Waals surface area (Å²) in [4.78, 5) is 21.6. The summed E-state index contributed by atoms with van der Waals surface area (Å²) in [6.07, 6.45) is 3.43. The third-order valence-corrected chi connectivity index (χ3v) is 1.70. The van der Waals surface area contributed by atoms with E-state index in [1.54, 1.807) is 12.1 Å². The van der Waals surface area contributed by atoms with Crippen LogP contribution in [0.5, 0.6) is 0 Å². The average Bonchev–Trinajstić information content (AvgIpc) is 2.05. The molecule has 1 aromatic heterocycles. The molecule has 0 amide bonds. The van der Waals surface area contributed by atoms with E-state index in [0.29, 0.717) is 17.1 Å². The topological polar surface area (TPSA) is 47.3 Å². The molecular weight excluding hydrogens is 156 g/mol. The van der Waals surface area contributed by atoms with Crippen LogP contribution in [0, 0.1) is 0 Å². The van der Waals surface area contributed by atoms with Crippen molar-refractivity contribution in [3.8, 4) is 0 Å². The van der Waals surface area contributed by atoms with Gasteiger partial charge in [0.25, 0.3) is 0 Å².